The van der Waals surface area contributed by atoms with Crippen molar-refractivity contribution in [2.45, 2.75) is 32.1 Å². The third-order valence-corrected chi connectivity index (χ3v) is 6.51. The average molecular weight is 449 g/mol. The van der Waals surface area contributed by atoms with Crippen molar-refractivity contribution in [3.8, 4) is 11.3 Å². The number of thiazole rings is 1. The molecule has 32 heavy (non-hydrogen) atoms. The highest BCUT2D eigenvalue weighted by Gasteiger charge is 2.24. The van der Waals surface area contributed by atoms with E-state index in [1.54, 1.807) is 17.0 Å². The van der Waals surface area contributed by atoms with Crippen molar-refractivity contribution in [1.29, 1.82) is 0 Å². The zero-order valence-electron chi connectivity index (χ0n) is 18.0. The van der Waals surface area contributed by atoms with E-state index in [4.69, 9.17) is 5.73 Å². The zero-order chi connectivity index (χ0) is 22.3. The molecule has 0 saturated heterocycles. The molecular weight excluding hydrogens is 420 g/mol. The Morgan fingerprint density at radius 2 is 1.75 bits per heavy atom. The van der Waals surface area contributed by atoms with Crippen LogP contribution in [0, 0.1) is 5.92 Å². The van der Waals surface area contributed by atoms with Crippen molar-refractivity contribution < 1.29 is 9.59 Å². The minimum Gasteiger partial charge on any atom is -0.375 e. The van der Waals surface area contributed by atoms with Crippen LogP contribution in [0.1, 0.15) is 42.5 Å². The van der Waals surface area contributed by atoms with Gasteiger partial charge in [0.25, 0.3) is 5.91 Å². The van der Waals surface area contributed by atoms with Crippen LogP contribution in [0.2, 0.25) is 0 Å². The van der Waals surface area contributed by atoms with Gasteiger partial charge < -0.3 is 16.0 Å². The highest BCUT2D eigenvalue weighted by molar-refractivity contribution is 7.13. The van der Waals surface area contributed by atoms with Gasteiger partial charge in [-0.25, -0.2) is 4.98 Å². The van der Waals surface area contributed by atoms with Crippen molar-refractivity contribution in [3.05, 3.63) is 65.5 Å². The fourth-order valence-electron chi connectivity index (χ4n) is 4.18. The van der Waals surface area contributed by atoms with Crippen LogP contribution in [0.25, 0.3) is 11.3 Å². The number of anilines is 2. The molecule has 3 aromatic rings. The molecule has 6 nitrogen and oxygen atoms in total. The molecule has 0 unspecified atom stereocenters. The Balaban J connectivity index is 1.42. The van der Waals surface area contributed by atoms with Crippen LogP contribution < -0.4 is 11.1 Å². The lowest BCUT2D eigenvalue weighted by Gasteiger charge is -2.29. The number of nitrogens with one attached hydrogen (secondary N) is 1. The molecule has 7 heteroatoms. The van der Waals surface area contributed by atoms with E-state index >= 15 is 0 Å². The molecule has 2 amide bonds. The van der Waals surface area contributed by atoms with E-state index in [1.165, 1.54) is 30.6 Å². The van der Waals surface area contributed by atoms with E-state index in [-0.39, 0.29) is 18.4 Å². The van der Waals surface area contributed by atoms with Gasteiger partial charge in [0.15, 0.2) is 5.13 Å². The first-order valence-electron chi connectivity index (χ1n) is 11.0. The maximum Gasteiger partial charge on any atom is 0.254 e. The van der Waals surface area contributed by atoms with Crippen LogP contribution in [0.5, 0.6) is 0 Å². The first-order valence-corrected chi connectivity index (χ1v) is 11.9. The number of rotatable bonds is 7. The molecule has 1 aliphatic rings. The molecule has 3 N–H and O–H groups in total. The summed E-state index contributed by atoms with van der Waals surface area (Å²) in [4.78, 5) is 31.9. The Bertz CT molecular complexity index is 1040. The lowest BCUT2D eigenvalue weighted by atomic mass is 9.89. The van der Waals surface area contributed by atoms with Gasteiger partial charge in [-0.05, 0) is 43.0 Å². The molecule has 1 saturated carbocycles. The number of amides is 2. The highest BCUT2D eigenvalue weighted by Crippen LogP contribution is 2.26. The molecular formula is C25H28N4O2S. The minimum atomic E-state index is -0.198. The second-order valence-electron chi connectivity index (χ2n) is 8.25. The van der Waals surface area contributed by atoms with E-state index in [0.29, 0.717) is 28.8 Å². The van der Waals surface area contributed by atoms with Gasteiger partial charge in [-0.2, -0.15) is 0 Å². The summed E-state index contributed by atoms with van der Waals surface area (Å²) in [6.07, 6.45) is 5.88. The average Bonchev–Trinajstić information content (AvgIpc) is 3.26. The lowest BCUT2D eigenvalue weighted by Crippen LogP contribution is -2.41. The van der Waals surface area contributed by atoms with Gasteiger partial charge >= 0.3 is 0 Å². The molecule has 166 valence electrons. The third-order valence-electron chi connectivity index (χ3n) is 5.83. The molecule has 2 aromatic carbocycles. The SMILES string of the molecule is Nc1nc(-c2ccc(NC(=O)CN(CC3CCCCC3)C(=O)c3ccccc3)cc2)cs1. The number of benzene rings is 2. The second kappa shape index (κ2) is 10.4. The topological polar surface area (TPSA) is 88.3 Å². The Morgan fingerprint density at radius 3 is 2.41 bits per heavy atom. The highest BCUT2D eigenvalue weighted by atomic mass is 32.1. The van der Waals surface area contributed by atoms with Gasteiger partial charge in [0.2, 0.25) is 5.91 Å². The standard InChI is InChI=1S/C25H28N4O2S/c26-25-28-22(17-32-25)19-11-13-21(14-12-19)27-23(30)16-29(15-18-7-3-1-4-8-18)24(31)20-9-5-2-6-10-20/h2,5-6,9-14,17-18H,1,3-4,7-8,15-16H2,(H2,26,28)(H,27,30). The van der Waals surface area contributed by atoms with E-state index in [9.17, 15) is 9.59 Å². The third kappa shape index (κ3) is 5.73. The molecule has 1 aromatic heterocycles. The first-order chi connectivity index (χ1) is 15.6. The Kier molecular flexibility index (Phi) is 7.17. The predicted molar refractivity (Wildman–Crippen MR) is 130 cm³/mol. The summed E-state index contributed by atoms with van der Waals surface area (Å²) < 4.78 is 0. The molecule has 0 spiro atoms. The quantitative estimate of drug-likeness (QED) is 0.529. The molecule has 1 aliphatic carbocycles. The van der Waals surface area contributed by atoms with Gasteiger partial charge in [0, 0.05) is 28.7 Å². The molecule has 0 aliphatic heterocycles. The van der Waals surface area contributed by atoms with Gasteiger partial charge in [0.1, 0.15) is 6.54 Å². The fourth-order valence-corrected chi connectivity index (χ4v) is 4.75. The minimum absolute atomic E-state index is 0.0363. The van der Waals surface area contributed by atoms with E-state index in [1.807, 2.05) is 47.8 Å². The molecule has 4 rings (SSSR count). The Labute approximate surface area is 192 Å². The van der Waals surface area contributed by atoms with E-state index < -0.39 is 0 Å². The van der Waals surface area contributed by atoms with Gasteiger partial charge in [0.05, 0.1) is 5.69 Å². The summed E-state index contributed by atoms with van der Waals surface area (Å²) in [5.41, 5.74) is 8.77. The monoisotopic (exact) mass is 448 g/mol. The van der Waals surface area contributed by atoms with E-state index in [0.717, 1.165) is 24.1 Å². The largest absolute Gasteiger partial charge is 0.375 e. The maximum atomic E-state index is 13.1. The first kappa shape index (κ1) is 22.0. The number of carbonyl (C=O) groups is 2. The summed E-state index contributed by atoms with van der Waals surface area (Å²) in [6.45, 7) is 0.653. The molecule has 0 bridgehead atoms. The number of hydrogen-bond donors (Lipinski definition) is 2. The van der Waals surface area contributed by atoms with Gasteiger partial charge in [-0.3, -0.25) is 9.59 Å². The Hall–Kier alpha value is -3.19. The number of nitrogens with two attached hydrogens (primary N) is 1. The zero-order valence-corrected chi connectivity index (χ0v) is 18.8. The van der Waals surface area contributed by atoms with Crippen LogP contribution in [0.15, 0.2) is 60.0 Å². The second-order valence-corrected chi connectivity index (χ2v) is 9.14. The number of nitrogen functional groups attached to an aromatic ring is 1. The number of aromatic nitrogens is 1. The summed E-state index contributed by atoms with van der Waals surface area (Å²) in [6, 6.07) is 16.7. The van der Waals surface area contributed by atoms with Gasteiger partial charge in [-0.15, -0.1) is 11.3 Å². The number of hydrogen-bond acceptors (Lipinski definition) is 5. The van der Waals surface area contributed by atoms with Crippen molar-refractivity contribution in [1.82, 2.24) is 9.88 Å². The summed E-state index contributed by atoms with van der Waals surface area (Å²) in [5.74, 6) is 0.160. The van der Waals surface area contributed by atoms with Crippen LogP contribution >= 0.6 is 11.3 Å². The molecule has 1 heterocycles. The molecule has 0 atom stereocenters. The van der Waals surface area contributed by atoms with Crippen molar-refractivity contribution in [2.24, 2.45) is 5.92 Å². The molecule has 0 radical (unpaired) electrons. The van der Waals surface area contributed by atoms with Gasteiger partial charge in [-0.1, -0.05) is 49.6 Å². The molecule has 1 fully saturated rings. The van der Waals surface area contributed by atoms with Crippen LogP contribution in [-0.2, 0) is 4.79 Å². The summed E-state index contributed by atoms with van der Waals surface area (Å²) >= 11 is 1.40. The van der Waals surface area contributed by atoms with Crippen LogP contribution in [-0.4, -0.2) is 34.8 Å². The summed E-state index contributed by atoms with van der Waals surface area (Å²) in [7, 11) is 0. The number of nitrogens with zero attached hydrogens (tertiary/aromatic N) is 2. The number of carbonyl (C=O) groups excluding carboxylic acids is 2. The predicted octanol–water partition coefficient (Wildman–Crippen LogP) is 5.05. The van der Waals surface area contributed by atoms with E-state index in [2.05, 4.69) is 10.3 Å². The summed E-state index contributed by atoms with van der Waals surface area (Å²) in [5, 5.41) is 5.35. The van der Waals surface area contributed by atoms with Crippen molar-refractivity contribution in [3.63, 3.8) is 0 Å². The Morgan fingerprint density at radius 1 is 1.03 bits per heavy atom. The van der Waals surface area contributed by atoms with Crippen molar-refractivity contribution >= 4 is 34.0 Å². The van der Waals surface area contributed by atoms with Crippen LogP contribution in [0.4, 0.5) is 10.8 Å². The fraction of sp³-hybridized carbons (Fsp3) is 0.320. The maximum absolute atomic E-state index is 13.1. The van der Waals surface area contributed by atoms with Crippen LogP contribution in [0.3, 0.4) is 0 Å². The lowest BCUT2D eigenvalue weighted by molar-refractivity contribution is -0.117. The van der Waals surface area contributed by atoms with Crippen molar-refractivity contribution in [2.75, 3.05) is 24.1 Å². The smallest absolute Gasteiger partial charge is 0.254 e. The normalized spacial score (nSPS) is 14.1.